The molecule has 0 amide bonds. The van der Waals surface area contributed by atoms with Crippen LogP contribution in [-0.2, 0) is 6.18 Å². The summed E-state index contributed by atoms with van der Waals surface area (Å²) in [6.07, 6.45) is -9.49. The van der Waals surface area contributed by atoms with Crippen LogP contribution in [0.2, 0.25) is 0 Å². The Bertz CT molecular complexity index is 446. The molecule has 0 spiro atoms. The van der Waals surface area contributed by atoms with Gasteiger partial charge in [0.1, 0.15) is 17.1 Å². The number of halogens is 6. The molecule has 0 atom stereocenters. The van der Waals surface area contributed by atoms with E-state index in [4.69, 9.17) is 0 Å². The molecule has 1 heterocycles. The number of aromatic nitrogens is 1. The first-order valence-corrected chi connectivity index (χ1v) is 5.03. The standard InChI is InChI=1S/C10H8F6N2/c11-9(12,13)6-2-1-3-7(17-6)18-8(4-5-8)10(14,15)16/h1-3H,4-5H2,(H,17,18). The maximum Gasteiger partial charge on any atom is 0.433 e. The highest BCUT2D eigenvalue weighted by Gasteiger charge is 2.63. The van der Waals surface area contributed by atoms with Crippen molar-refractivity contribution in [1.29, 1.82) is 0 Å². The minimum Gasteiger partial charge on any atom is -0.356 e. The lowest BCUT2D eigenvalue weighted by Crippen LogP contribution is -2.39. The fraction of sp³-hybridized carbons (Fsp3) is 0.500. The first-order chi connectivity index (χ1) is 8.14. The Morgan fingerprint density at radius 3 is 2.11 bits per heavy atom. The highest BCUT2D eigenvalue weighted by Crippen LogP contribution is 2.51. The van der Waals surface area contributed by atoms with Crippen LogP contribution < -0.4 is 5.32 Å². The molecule has 1 saturated carbocycles. The van der Waals surface area contributed by atoms with Crippen molar-refractivity contribution in [3.63, 3.8) is 0 Å². The second-order valence-electron chi connectivity index (χ2n) is 4.11. The normalized spacial score (nSPS) is 18.6. The quantitative estimate of drug-likeness (QED) is 0.830. The van der Waals surface area contributed by atoms with Crippen molar-refractivity contribution in [1.82, 2.24) is 4.98 Å². The summed E-state index contributed by atoms with van der Waals surface area (Å²) in [5, 5.41) is 2.05. The lowest BCUT2D eigenvalue weighted by atomic mass is 10.2. The Balaban J connectivity index is 2.21. The van der Waals surface area contributed by atoms with Gasteiger partial charge >= 0.3 is 12.4 Å². The number of anilines is 1. The van der Waals surface area contributed by atoms with Crippen LogP contribution in [0.1, 0.15) is 18.5 Å². The minimum absolute atomic E-state index is 0.158. The minimum atomic E-state index is -4.67. The van der Waals surface area contributed by atoms with Gasteiger partial charge in [0.15, 0.2) is 0 Å². The van der Waals surface area contributed by atoms with E-state index >= 15 is 0 Å². The SMILES string of the molecule is FC(F)(F)c1cccc(NC2(C(F)(F)F)CC2)n1. The lowest BCUT2D eigenvalue weighted by Gasteiger charge is -2.21. The van der Waals surface area contributed by atoms with Crippen LogP contribution in [0.3, 0.4) is 0 Å². The summed E-state index contributed by atoms with van der Waals surface area (Å²) >= 11 is 0. The first kappa shape index (κ1) is 13.0. The number of nitrogens with one attached hydrogen (secondary N) is 1. The molecule has 0 unspecified atom stereocenters. The van der Waals surface area contributed by atoms with Crippen molar-refractivity contribution in [2.45, 2.75) is 30.7 Å². The van der Waals surface area contributed by atoms with Crippen molar-refractivity contribution in [2.24, 2.45) is 0 Å². The topological polar surface area (TPSA) is 24.9 Å². The molecular weight excluding hydrogens is 262 g/mol. The van der Waals surface area contributed by atoms with Gasteiger partial charge in [-0.05, 0) is 25.0 Å². The van der Waals surface area contributed by atoms with Gasteiger partial charge in [-0.3, -0.25) is 0 Å². The molecule has 8 heteroatoms. The molecule has 1 aromatic heterocycles. The summed E-state index contributed by atoms with van der Waals surface area (Å²) in [7, 11) is 0. The zero-order chi connectivity index (χ0) is 13.6. The average Bonchev–Trinajstić information content (AvgIpc) is 2.97. The van der Waals surface area contributed by atoms with E-state index in [2.05, 4.69) is 4.98 Å². The predicted molar refractivity (Wildman–Crippen MR) is 50.9 cm³/mol. The Labute approximate surface area is 98.0 Å². The summed E-state index contributed by atoms with van der Waals surface area (Å²) in [5.74, 6) is -0.417. The Hall–Kier alpha value is -1.47. The zero-order valence-electron chi connectivity index (χ0n) is 8.86. The molecule has 100 valence electrons. The molecule has 1 aromatic rings. The number of rotatable bonds is 2. The van der Waals surface area contributed by atoms with Crippen molar-refractivity contribution >= 4 is 5.82 Å². The van der Waals surface area contributed by atoms with Gasteiger partial charge in [0.05, 0.1) is 0 Å². The molecule has 0 aromatic carbocycles. The summed E-state index contributed by atoms with van der Waals surface area (Å²) in [4.78, 5) is 3.15. The van der Waals surface area contributed by atoms with Crippen molar-refractivity contribution in [3.05, 3.63) is 23.9 Å². The van der Waals surface area contributed by atoms with Crippen LogP contribution in [0.5, 0.6) is 0 Å². The van der Waals surface area contributed by atoms with Crippen molar-refractivity contribution < 1.29 is 26.3 Å². The van der Waals surface area contributed by atoms with E-state index in [0.717, 1.165) is 12.1 Å². The second-order valence-corrected chi connectivity index (χ2v) is 4.11. The maximum atomic E-state index is 12.6. The molecule has 18 heavy (non-hydrogen) atoms. The molecule has 2 rings (SSSR count). The molecule has 1 aliphatic rings. The van der Waals surface area contributed by atoms with Crippen LogP contribution in [-0.4, -0.2) is 16.7 Å². The third kappa shape index (κ3) is 2.37. The van der Waals surface area contributed by atoms with Gasteiger partial charge in [0.2, 0.25) is 0 Å². The fourth-order valence-electron chi connectivity index (χ4n) is 1.51. The summed E-state index contributed by atoms with van der Waals surface area (Å²) < 4.78 is 74.8. The Morgan fingerprint density at radius 1 is 1.06 bits per heavy atom. The number of alkyl halides is 6. The largest absolute Gasteiger partial charge is 0.433 e. The van der Waals surface area contributed by atoms with E-state index < -0.39 is 29.4 Å². The van der Waals surface area contributed by atoms with Gasteiger partial charge in [0, 0.05) is 0 Å². The molecule has 1 fully saturated rings. The molecule has 0 radical (unpaired) electrons. The maximum absolute atomic E-state index is 12.6. The van der Waals surface area contributed by atoms with Crippen LogP contribution in [0.4, 0.5) is 32.2 Å². The summed E-state index contributed by atoms with van der Waals surface area (Å²) in [6, 6.07) is 2.81. The molecule has 2 nitrogen and oxygen atoms in total. The summed E-state index contributed by atoms with van der Waals surface area (Å²) in [6.45, 7) is 0. The van der Waals surface area contributed by atoms with E-state index in [-0.39, 0.29) is 12.8 Å². The highest BCUT2D eigenvalue weighted by molar-refractivity contribution is 5.42. The van der Waals surface area contributed by atoms with Crippen LogP contribution >= 0.6 is 0 Å². The predicted octanol–water partition coefficient (Wildman–Crippen LogP) is 3.61. The number of nitrogens with zero attached hydrogens (tertiary/aromatic N) is 1. The highest BCUT2D eigenvalue weighted by atomic mass is 19.4. The van der Waals surface area contributed by atoms with E-state index in [1.807, 2.05) is 5.32 Å². The van der Waals surface area contributed by atoms with Crippen molar-refractivity contribution in [3.8, 4) is 0 Å². The Kier molecular flexibility index (Phi) is 2.71. The van der Waals surface area contributed by atoms with Crippen molar-refractivity contribution in [2.75, 3.05) is 5.32 Å². The van der Waals surface area contributed by atoms with E-state index in [9.17, 15) is 26.3 Å². The van der Waals surface area contributed by atoms with Gasteiger partial charge in [-0.1, -0.05) is 6.07 Å². The number of hydrogen-bond acceptors (Lipinski definition) is 2. The fourth-order valence-corrected chi connectivity index (χ4v) is 1.51. The number of pyridine rings is 1. The first-order valence-electron chi connectivity index (χ1n) is 5.03. The zero-order valence-corrected chi connectivity index (χ0v) is 8.86. The molecule has 1 N–H and O–H groups in total. The smallest absolute Gasteiger partial charge is 0.356 e. The second kappa shape index (κ2) is 3.76. The van der Waals surface area contributed by atoms with E-state index in [1.165, 1.54) is 0 Å². The third-order valence-electron chi connectivity index (χ3n) is 2.70. The molecular formula is C10H8F6N2. The van der Waals surface area contributed by atoms with Gasteiger partial charge < -0.3 is 5.32 Å². The lowest BCUT2D eigenvalue weighted by molar-refractivity contribution is -0.151. The third-order valence-corrected chi connectivity index (χ3v) is 2.70. The molecule has 1 aliphatic carbocycles. The van der Waals surface area contributed by atoms with Gasteiger partial charge in [0.25, 0.3) is 0 Å². The Morgan fingerprint density at radius 2 is 1.67 bits per heavy atom. The molecule has 0 saturated heterocycles. The van der Waals surface area contributed by atoms with Gasteiger partial charge in [-0.25, -0.2) is 4.98 Å². The van der Waals surface area contributed by atoms with Crippen LogP contribution in [0.15, 0.2) is 18.2 Å². The van der Waals surface area contributed by atoms with E-state index in [1.54, 1.807) is 0 Å². The molecule has 0 bridgehead atoms. The van der Waals surface area contributed by atoms with E-state index in [0.29, 0.717) is 6.07 Å². The van der Waals surface area contributed by atoms with Gasteiger partial charge in [-0.2, -0.15) is 26.3 Å². The number of hydrogen-bond donors (Lipinski definition) is 1. The average molecular weight is 270 g/mol. The monoisotopic (exact) mass is 270 g/mol. The van der Waals surface area contributed by atoms with Gasteiger partial charge in [-0.15, -0.1) is 0 Å². The van der Waals surface area contributed by atoms with Crippen LogP contribution in [0.25, 0.3) is 0 Å². The van der Waals surface area contributed by atoms with Crippen LogP contribution in [0, 0.1) is 0 Å². The molecule has 0 aliphatic heterocycles. The summed E-state index contributed by atoms with van der Waals surface area (Å²) in [5.41, 5.74) is -3.34.